The molecule has 0 atom stereocenters. The van der Waals surface area contributed by atoms with Crippen molar-refractivity contribution in [1.82, 2.24) is 9.97 Å². The summed E-state index contributed by atoms with van der Waals surface area (Å²) in [6.45, 7) is 0. The van der Waals surface area contributed by atoms with Crippen molar-refractivity contribution >= 4 is 5.82 Å². The Kier molecular flexibility index (Phi) is 3.25. The lowest BCUT2D eigenvalue weighted by molar-refractivity contribution is 0.708. The molecule has 0 unspecified atom stereocenters. The summed E-state index contributed by atoms with van der Waals surface area (Å²) in [5.74, 6) is 1.13. The minimum Gasteiger partial charge on any atom is -0.367 e. The van der Waals surface area contributed by atoms with E-state index in [1.165, 1.54) is 56.2 Å². The van der Waals surface area contributed by atoms with Crippen LogP contribution in [0.25, 0.3) is 0 Å². The Bertz CT molecular complexity index is 383. The second kappa shape index (κ2) is 5.03. The molecule has 1 aromatic rings. The topological polar surface area (TPSA) is 37.8 Å². The number of aromatic nitrogens is 2. The summed E-state index contributed by atoms with van der Waals surface area (Å²) in [5, 5.41) is 3.65. The molecule has 1 heterocycles. The fourth-order valence-corrected chi connectivity index (χ4v) is 3.09. The number of anilines is 1. The molecular weight excluding hydrogens is 210 g/mol. The van der Waals surface area contributed by atoms with E-state index in [2.05, 4.69) is 15.3 Å². The summed E-state index contributed by atoms with van der Waals surface area (Å²) < 4.78 is 0. The molecule has 3 heteroatoms. The van der Waals surface area contributed by atoms with Gasteiger partial charge in [-0.1, -0.05) is 19.3 Å². The van der Waals surface area contributed by atoms with Crippen molar-refractivity contribution in [3.63, 3.8) is 0 Å². The van der Waals surface area contributed by atoms with Gasteiger partial charge >= 0.3 is 0 Å². The Hall–Kier alpha value is -1.12. The highest BCUT2D eigenvalue weighted by Gasteiger charge is 2.19. The number of rotatable bonds is 2. The standard InChI is InChI=1S/C14H21N3/c1-2-8-12-13(9-3-1)15-10-16-14(12)17-11-6-4-5-7-11/h10-11H,1-9H2,(H,15,16,17). The molecule has 3 rings (SSSR count). The molecular formula is C14H21N3. The largest absolute Gasteiger partial charge is 0.367 e. The highest BCUT2D eigenvalue weighted by molar-refractivity contribution is 5.47. The third-order valence-corrected chi connectivity index (χ3v) is 4.07. The molecule has 17 heavy (non-hydrogen) atoms. The zero-order valence-electron chi connectivity index (χ0n) is 10.4. The molecule has 0 radical (unpaired) electrons. The summed E-state index contributed by atoms with van der Waals surface area (Å²) in [6, 6.07) is 0.650. The Morgan fingerprint density at radius 2 is 1.76 bits per heavy atom. The predicted molar refractivity (Wildman–Crippen MR) is 69.2 cm³/mol. The average Bonchev–Trinajstić information content (AvgIpc) is 2.73. The van der Waals surface area contributed by atoms with E-state index in [0.717, 1.165) is 18.7 Å². The van der Waals surface area contributed by atoms with Gasteiger partial charge in [-0.3, -0.25) is 0 Å². The minimum absolute atomic E-state index is 0.650. The maximum absolute atomic E-state index is 4.47. The number of nitrogens with zero attached hydrogens (tertiary/aromatic N) is 2. The monoisotopic (exact) mass is 231 g/mol. The van der Waals surface area contributed by atoms with Crippen molar-refractivity contribution in [2.75, 3.05) is 5.32 Å². The van der Waals surface area contributed by atoms with E-state index in [9.17, 15) is 0 Å². The Balaban J connectivity index is 1.82. The second-order valence-electron chi connectivity index (χ2n) is 5.33. The van der Waals surface area contributed by atoms with Crippen LogP contribution in [0.2, 0.25) is 0 Å². The first kappa shape index (κ1) is 11.0. The predicted octanol–water partition coefficient (Wildman–Crippen LogP) is 3.10. The Labute approximate surface area is 103 Å². The van der Waals surface area contributed by atoms with Crippen LogP contribution in [0.5, 0.6) is 0 Å². The van der Waals surface area contributed by atoms with Crippen LogP contribution in [-0.2, 0) is 12.8 Å². The first-order valence-electron chi connectivity index (χ1n) is 7.03. The highest BCUT2D eigenvalue weighted by Crippen LogP contribution is 2.27. The number of nitrogens with one attached hydrogen (secondary N) is 1. The molecule has 3 nitrogen and oxygen atoms in total. The molecule has 0 saturated heterocycles. The summed E-state index contributed by atoms with van der Waals surface area (Å²) in [5.41, 5.74) is 2.69. The van der Waals surface area contributed by atoms with Gasteiger partial charge in [-0.05, 0) is 38.5 Å². The summed E-state index contributed by atoms with van der Waals surface area (Å²) in [4.78, 5) is 8.94. The van der Waals surface area contributed by atoms with E-state index < -0.39 is 0 Å². The van der Waals surface area contributed by atoms with Gasteiger partial charge in [0.25, 0.3) is 0 Å². The maximum Gasteiger partial charge on any atom is 0.133 e. The van der Waals surface area contributed by atoms with Crippen molar-refractivity contribution in [3.8, 4) is 0 Å². The molecule has 92 valence electrons. The molecule has 0 amide bonds. The van der Waals surface area contributed by atoms with Crippen molar-refractivity contribution in [1.29, 1.82) is 0 Å². The Morgan fingerprint density at radius 3 is 2.65 bits per heavy atom. The number of fused-ring (bicyclic) bond motifs is 1. The van der Waals surface area contributed by atoms with Crippen molar-refractivity contribution in [2.45, 2.75) is 63.8 Å². The van der Waals surface area contributed by atoms with Crippen LogP contribution < -0.4 is 5.32 Å². The normalized spacial score (nSPS) is 20.9. The SMILES string of the molecule is c1nc2c(c(NC3CCCC3)n1)CCCCC2. The third-order valence-electron chi connectivity index (χ3n) is 4.07. The number of aryl methyl sites for hydroxylation is 1. The molecule has 0 spiro atoms. The molecule has 2 aliphatic rings. The van der Waals surface area contributed by atoms with Gasteiger partial charge in [0, 0.05) is 17.3 Å². The number of hydrogen-bond donors (Lipinski definition) is 1. The third kappa shape index (κ3) is 2.43. The fraction of sp³-hybridized carbons (Fsp3) is 0.714. The smallest absolute Gasteiger partial charge is 0.133 e. The van der Waals surface area contributed by atoms with Gasteiger partial charge in [0.15, 0.2) is 0 Å². The molecule has 0 aliphatic heterocycles. The lowest BCUT2D eigenvalue weighted by Gasteiger charge is -2.16. The van der Waals surface area contributed by atoms with Gasteiger partial charge in [0.05, 0.1) is 0 Å². The lowest BCUT2D eigenvalue weighted by Crippen LogP contribution is -2.18. The van der Waals surface area contributed by atoms with Crippen molar-refractivity contribution < 1.29 is 0 Å². The zero-order chi connectivity index (χ0) is 11.5. The zero-order valence-corrected chi connectivity index (χ0v) is 10.4. The second-order valence-corrected chi connectivity index (χ2v) is 5.33. The fourth-order valence-electron chi connectivity index (χ4n) is 3.09. The van der Waals surface area contributed by atoms with E-state index in [1.54, 1.807) is 6.33 Å². The van der Waals surface area contributed by atoms with Gasteiger partial charge in [-0.2, -0.15) is 0 Å². The van der Waals surface area contributed by atoms with Crippen LogP contribution in [0.3, 0.4) is 0 Å². The lowest BCUT2D eigenvalue weighted by atomic mass is 10.1. The van der Waals surface area contributed by atoms with E-state index in [-0.39, 0.29) is 0 Å². The van der Waals surface area contributed by atoms with Crippen molar-refractivity contribution in [2.24, 2.45) is 0 Å². The molecule has 1 fully saturated rings. The van der Waals surface area contributed by atoms with Crippen LogP contribution in [0, 0.1) is 0 Å². The van der Waals surface area contributed by atoms with Gasteiger partial charge in [0.1, 0.15) is 12.1 Å². The van der Waals surface area contributed by atoms with Gasteiger partial charge in [-0.15, -0.1) is 0 Å². The van der Waals surface area contributed by atoms with Gasteiger partial charge in [0.2, 0.25) is 0 Å². The summed E-state index contributed by atoms with van der Waals surface area (Å²) in [6.07, 6.45) is 13.3. The van der Waals surface area contributed by atoms with E-state index in [4.69, 9.17) is 0 Å². The molecule has 2 aliphatic carbocycles. The van der Waals surface area contributed by atoms with Gasteiger partial charge < -0.3 is 5.32 Å². The summed E-state index contributed by atoms with van der Waals surface area (Å²) >= 11 is 0. The molecule has 1 saturated carbocycles. The van der Waals surface area contributed by atoms with Crippen LogP contribution in [0.4, 0.5) is 5.82 Å². The first-order chi connectivity index (χ1) is 8.43. The number of hydrogen-bond acceptors (Lipinski definition) is 3. The van der Waals surface area contributed by atoms with Crippen molar-refractivity contribution in [3.05, 3.63) is 17.6 Å². The van der Waals surface area contributed by atoms with Crippen LogP contribution >= 0.6 is 0 Å². The van der Waals surface area contributed by atoms with E-state index >= 15 is 0 Å². The average molecular weight is 231 g/mol. The minimum atomic E-state index is 0.650. The van der Waals surface area contributed by atoms with Gasteiger partial charge in [-0.25, -0.2) is 9.97 Å². The van der Waals surface area contributed by atoms with Crippen LogP contribution in [0.1, 0.15) is 56.2 Å². The Morgan fingerprint density at radius 1 is 0.941 bits per heavy atom. The van der Waals surface area contributed by atoms with E-state index in [0.29, 0.717) is 6.04 Å². The van der Waals surface area contributed by atoms with E-state index in [1.807, 2.05) is 0 Å². The molecule has 0 aromatic carbocycles. The molecule has 0 bridgehead atoms. The highest BCUT2D eigenvalue weighted by atomic mass is 15.0. The van der Waals surface area contributed by atoms with Crippen LogP contribution in [0.15, 0.2) is 6.33 Å². The molecule has 1 N–H and O–H groups in total. The van der Waals surface area contributed by atoms with Crippen LogP contribution in [-0.4, -0.2) is 16.0 Å². The first-order valence-corrected chi connectivity index (χ1v) is 7.03. The quantitative estimate of drug-likeness (QED) is 0.795. The molecule has 1 aromatic heterocycles. The maximum atomic E-state index is 4.47. The summed E-state index contributed by atoms with van der Waals surface area (Å²) in [7, 11) is 0.